The van der Waals surface area contributed by atoms with Crippen LogP contribution in [-0.4, -0.2) is 25.0 Å². The van der Waals surface area contributed by atoms with Gasteiger partial charge in [0.15, 0.2) is 0 Å². The Balaban J connectivity index is 3.21. The van der Waals surface area contributed by atoms with Gasteiger partial charge in [-0.05, 0) is 13.0 Å². The van der Waals surface area contributed by atoms with E-state index in [9.17, 15) is 4.79 Å². The summed E-state index contributed by atoms with van der Waals surface area (Å²) in [5.74, 6) is 0.102. The molecule has 0 aromatic heterocycles. The van der Waals surface area contributed by atoms with E-state index < -0.39 is 0 Å². The van der Waals surface area contributed by atoms with Crippen LogP contribution in [0, 0.1) is 0 Å². The smallest absolute Gasteiger partial charge is 0.220 e. The van der Waals surface area contributed by atoms with Crippen LogP contribution in [0.15, 0.2) is 12.7 Å². The molecule has 0 aromatic carbocycles. The molecule has 0 heterocycles. The van der Waals surface area contributed by atoms with Gasteiger partial charge in [0.2, 0.25) is 5.91 Å². The molecule has 3 heteroatoms. The Morgan fingerprint density at radius 1 is 1.54 bits per heavy atom. The molecule has 0 bridgehead atoms. The number of amides is 1. The van der Waals surface area contributed by atoms with E-state index >= 15 is 0 Å². The Kier molecular flexibility index (Phi) is 7.30. The third-order valence-corrected chi connectivity index (χ3v) is 1.58. The van der Waals surface area contributed by atoms with Crippen LogP contribution in [0.2, 0.25) is 0 Å². The highest BCUT2D eigenvalue weighted by molar-refractivity contribution is 5.75. The lowest BCUT2D eigenvalue weighted by atomic mass is 10.2. The third kappa shape index (κ3) is 9.08. The molecule has 0 saturated carbocycles. The van der Waals surface area contributed by atoms with Gasteiger partial charge in [-0.1, -0.05) is 19.9 Å². The molecule has 0 aliphatic carbocycles. The minimum atomic E-state index is 0.102. The SMILES string of the molecule is C=CCNC(=O)CCCNC(C)C. The number of carbonyl (C=O) groups is 1. The maximum atomic E-state index is 11.1. The van der Waals surface area contributed by atoms with Gasteiger partial charge < -0.3 is 10.6 Å². The summed E-state index contributed by atoms with van der Waals surface area (Å²) in [4.78, 5) is 11.1. The molecule has 76 valence electrons. The van der Waals surface area contributed by atoms with Gasteiger partial charge in [-0.2, -0.15) is 0 Å². The summed E-state index contributed by atoms with van der Waals surface area (Å²) in [6, 6.07) is 0.497. The first-order valence-electron chi connectivity index (χ1n) is 4.77. The average Bonchev–Trinajstić information content (AvgIpc) is 2.08. The molecule has 0 fully saturated rings. The fraction of sp³-hybridized carbons (Fsp3) is 0.700. The van der Waals surface area contributed by atoms with Crippen LogP contribution in [0.4, 0.5) is 0 Å². The monoisotopic (exact) mass is 184 g/mol. The van der Waals surface area contributed by atoms with E-state index in [2.05, 4.69) is 31.1 Å². The molecular weight excluding hydrogens is 164 g/mol. The average molecular weight is 184 g/mol. The Labute approximate surface area is 80.6 Å². The van der Waals surface area contributed by atoms with Crippen LogP contribution in [0.5, 0.6) is 0 Å². The molecular formula is C10H20N2O. The lowest BCUT2D eigenvalue weighted by Crippen LogP contribution is -2.27. The lowest BCUT2D eigenvalue weighted by molar-refractivity contribution is -0.120. The molecule has 2 N–H and O–H groups in total. The van der Waals surface area contributed by atoms with E-state index in [1.54, 1.807) is 6.08 Å². The van der Waals surface area contributed by atoms with Gasteiger partial charge >= 0.3 is 0 Å². The summed E-state index contributed by atoms with van der Waals surface area (Å²) in [6.45, 7) is 9.18. The topological polar surface area (TPSA) is 41.1 Å². The van der Waals surface area contributed by atoms with Crippen molar-refractivity contribution in [3.8, 4) is 0 Å². The van der Waals surface area contributed by atoms with Crippen LogP contribution in [0.1, 0.15) is 26.7 Å². The maximum Gasteiger partial charge on any atom is 0.220 e. The first kappa shape index (κ1) is 12.2. The number of carbonyl (C=O) groups excluding carboxylic acids is 1. The van der Waals surface area contributed by atoms with Crippen molar-refractivity contribution in [3.05, 3.63) is 12.7 Å². The zero-order chi connectivity index (χ0) is 10.1. The second-order valence-corrected chi connectivity index (χ2v) is 3.31. The van der Waals surface area contributed by atoms with E-state index in [-0.39, 0.29) is 5.91 Å². The zero-order valence-corrected chi connectivity index (χ0v) is 8.60. The fourth-order valence-electron chi connectivity index (χ4n) is 0.914. The van der Waals surface area contributed by atoms with Gasteiger partial charge in [-0.3, -0.25) is 4.79 Å². The van der Waals surface area contributed by atoms with E-state index in [0.717, 1.165) is 13.0 Å². The van der Waals surface area contributed by atoms with Crippen molar-refractivity contribution >= 4 is 5.91 Å². The standard InChI is InChI=1S/C10H20N2O/c1-4-7-12-10(13)6-5-8-11-9(2)3/h4,9,11H,1,5-8H2,2-3H3,(H,12,13). The van der Waals surface area contributed by atoms with E-state index in [1.807, 2.05) is 0 Å². The molecule has 0 unspecified atom stereocenters. The van der Waals surface area contributed by atoms with Crippen molar-refractivity contribution in [3.63, 3.8) is 0 Å². The van der Waals surface area contributed by atoms with E-state index in [0.29, 0.717) is 19.0 Å². The van der Waals surface area contributed by atoms with Crippen LogP contribution in [-0.2, 0) is 4.79 Å². The molecule has 3 nitrogen and oxygen atoms in total. The normalized spacial score (nSPS) is 10.1. The summed E-state index contributed by atoms with van der Waals surface area (Å²) in [7, 11) is 0. The number of nitrogens with one attached hydrogen (secondary N) is 2. The van der Waals surface area contributed by atoms with E-state index in [1.165, 1.54) is 0 Å². The summed E-state index contributed by atoms with van der Waals surface area (Å²) >= 11 is 0. The molecule has 0 aliphatic heterocycles. The highest BCUT2D eigenvalue weighted by Crippen LogP contribution is 1.88. The summed E-state index contributed by atoms with van der Waals surface area (Å²) in [6.07, 6.45) is 3.17. The molecule has 0 aromatic rings. The van der Waals surface area contributed by atoms with Gasteiger partial charge in [0.25, 0.3) is 0 Å². The highest BCUT2D eigenvalue weighted by Gasteiger charge is 1.98. The van der Waals surface area contributed by atoms with Crippen molar-refractivity contribution in [2.75, 3.05) is 13.1 Å². The van der Waals surface area contributed by atoms with Crippen LogP contribution in [0.3, 0.4) is 0 Å². The van der Waals surface area contributed by atoms with Gasteiger partial charge in [0.05, 0.1) is 0 Å². The second kappa shape index (κ2) is 7.80. The zero-order valence-electron chi connectivity index (χ0n) is 8.60. The van der Waals surface area contributed by atoms with Gasteiger partial charge in [0, 0.05) is 19.0 Å². The first-order chi connectivity index (χ1) is 6.16. The molecule has 0 spiro atoms. The summed E-state index contributed by atoms with van der Waals surface area (Å²) < 4.78 is 0. The van der Waals surface area contributed by atoms with E-state index in [4.69, 9.17) is 0 Å². The molecule has 0 radical (unpaired) electrons. The van der Waals surface area contributed by atoms with Crippen molar-refractivity contribution < 1.29 is 4.79 Å². The largest absolute Gasteiger partial charge is 0.353 e. The molecule has 0 aliphatic rings. The first-order valence-corrected chi connectivity index (χ1v) is 4.77. The van der Waals surface area contributed by atoms with Crippen LogP contribution in [0.25, 0.3) is 0 Å². The minimum absolute atomic E-state index is 0.102. The molecule has 13 heavy (non-hydrogen) atoms. The third-order valence-electron chi connectivity index (χ3n) is 1.58. The number of hydrogen-bond acceptors (Lipinski definition) is 2. The number of rotatable bonds is 7. The predicted molar refractivity (Wildman–Crippen MR) is 55.6 cm³/mol. The van der Waals surface area contributed by atoms with Crippen molar-refractivity contribution in [2.45, 2.75) is 32.7 Å². The predicted octanol–water partition coefficient (Wildman–Crippen LogP) is 1.07. The molecule has 0 atom stereocenters. The Hall–Kier alpha value is -0.830. The number of hydrogen-bond donors (Lipinski definition) is 2. The highest BCUT2D eigenvalue weighted by atomic mass is 16.1. The maximum absolute atomic E-state index is 11.1. The van der Waals surface area contributed by atoms with Crippen molar-refractivity contribution in [2.24, 2.45) is 0 Å². The molecule has 0 saturated heterocycles. The Morgan fingerprint density at radius 2 is 2.23 bits per heavy atom. The fourth-order valence-corrected chi connectivity index (χ4v) is 0.914. The Morgan fingerprint density at radius 3 is 2.77 bits per heavy atom. The van der Waals surface area contributed by atoms with Crippen LogP contribution < -0.4 is 10.6 Å². The summed E-state index contributed by atoms with van der Waals surface area (Å²) in [5.41, 5.74) is 0. The second-order valence-electron chi connectivity index (χ2n) is 3.31. The minimum Gasteiger partial charge on any atom is -0.353 e. The van der Waals surface area contributed by atoms with Gasteiger partial charge in [0.1, 0.15) is 0 Å². The van der Waals surface area contributed by atoms with Crippen molar-refractivity contribution in [1.82, 2.24) is 10.6 Å². The molecule has 0 rings (SSSR count). The molecule has 1 amide bonds. The van der Waals surface area contributed by atoms with Gasteiger partial charge in [-0.25, -0.2) is 0 Å². The van der Waals surface area contributed by atoms with Crippen molar-refractivity contribution in [1.29, 1.82) is 0 Å². The summed E-state index contributed by atoms with van der Waals surface area (Å²) in [5, 5.41) is 5.99. The van der Waals surface area contributed by atoms with Gasteiger partial charge in [-0.15, -0.1) is 6.58 Å². The Bertz CT molecular complexity index is 155. The van der Waals surface area contributed by atoms with Crippen LogP contribution >= 0.6 is 0 Å². The lowest BCUT2D eigenvalue weighted by Gasteiger charge is -2.07. The quantitative estimate of drug-likeness (QED) is 0.459.